The van der Waals surface area contributed by atoms with Gasteiger partial charge < -0.3 is 16.0 Å². The van der Waals surface area contributed by atoms with E-state index in [4.69, 9.17) is 5.73 Å². The topological polar surface area (TPSA) is 71.2 Å². The van der Waals surface area contributed by atoms with E-state index in [0.29, 0.717) is 17.8 Å². The van der Waals surface area contributed by atoms with E-state index in [-0.39, 0.29) is 5.91 Å². The number of aromatic nitrogens is 1. The van der Waals surface area contributed by atoms with Gasteiger partial charge in [0.15, 0.2) is 0 Å². The Morgan fingerprint density at radius 3 is 2.80 bits per heavy atom. The van der Waals surface area contributed by atoms with E-state index in [1.54, 1.807) is 48.5 Å². The average Bonchev–Trinajstić information content (AvgIpc) is 2.82. The lowest BCUT2D eigenvalue weighted by Crippen LogP contribution is -2.21. The second-order valence-electron chi connectivity index (χ2n) is 4.71. The molecule has 6 heteroatoms. The van der Waals surface area contributed by atoms with Crippen molar-refractivity contribution in [1.29, 1.82) is 0 Å². The molecule has 0 fully saturated rings. The van der Waals surface area contributed by atoms with E-state index < -0.39 is 0 Å². The van der Waals surface area contributed by atoms with Crippen LogP contribution in [0.3, 0.4) is 0 Å². The molecule has 106 valence electrons. The first kappa shape index (κ1) is 14.3. The van der Waals surface area contributed by atoms with Gasteiger partial charge in [0.1, 0.15) is 0 Å². The van der Waals surface area contributed by atoms with Crippen LogP contribution in [-0.2, 0) is 6.54 Å². The van der Waals surface area contributed by atoms with Crippen molar-refractivity contribution in [3.63, 3.8) is 0 Å². The molecule has 0 aliphatic rings. The van der Waals surface area contributed by atoms with Gasteiger partial charge in [-0.2, -0.15) is 0 Å². The number of carbonyl (C=O) groups excluding carboxylic acids is 1. The van der Waals surface area contributed by atoms with Crippen LogP contribution in [0.5, 0.6) is 0 Å². The molecule has 0 bridgehead atoms. The number of anilines is 2. The van der Waals surface area contributed by atoms with Crippen LogP contribution in [0, 0.1) is 6.92 Å². The van der Waals surface area contributed by atoms with Crippen molar-refractivity contribution in [2.24, 2.45) is 0 Å². The van der Waals surface area contributed by atoms with Gasteiger partial charge in [-0.1, -0.05) is 0 Å². The summed E-state index contributed by atoms with van der Waals surface area (Å²) < 4.78 is 0. The number of carbonyl (C=O) groups is 1. The van der Waals surface area contributed by atoms with Crippen molar-refractivity contribution in [3.8, 4) is 0 Å². The lowest BCUT2D eigenvalue weighted by molar-refractivity contribution is 0.0827. The van der Waals surface area contributed by atoms with Crippen LogP contribution < -0.4 is 11.1 Å². The van der Waals surface area contributed by atoms with Crippen molar-refractivity contribution >= 4 is 28.6 Å². The minimum absolute atomic E-state index is 0.0439. The number of nitrogen functional groups attached to an aromatic ring is 1. The Hall–Kier alpha value is -2.08. The Kier molecular flexibility index (Phi) is 4.24. The van der Waals surface area contributed by atoms with E-state index in [0.717, 1.165) is 16.4 Å². The van der Waals surface area contributed by atoms with Gasteiger partial charge in [0.2, 0.25) is 0 Å². The average molecular weight is 290 g/mol. The summed E-state index contributed by atoms with van der Waals surface area (Å²) in [6, 6.07) is 5.25. The smallest absolute Gasteiger partial charge is 0.253 e. The minimum atomic E-state index is -0.0439. The number of aryl methyl sites for hydroxylation is 1. The highest BCUT2D eigenvalue weighted by Crippen LogP contribution is 2.21. The molecule has 0 saturated carbocycles. The zero-order chi connectivity index (χ0) is 14.7. The maximum absolute atomic E-state index is 11.9. The summed E-state index contributed by atoms with van der Waals surface area (Å²) in [4.78, 5) is 17.9. The van der Waals surface area contributed by atoms with E-state index in [2.05, 4.69) is 10.3 Å². The second kappa shape index (κ2) is 5.92. The molecule has 0 aliphatic carbocycles. The van der Waals surface area contributed by atoms with Gasteiger partial charge in [0.05, 0.1) is 28.6 Å². The standard InChI is InChI=1S/C14H18N4OS/c1-9-17-11(8-20-9)7-16-13-6-10(4-5-12(13)15)14(19)18(2)3/h4-6,8,16H,7,15H2,1-3H3. The third-order valence-corrected chi connectivity index (χ3v) is 3.66. The van der Waals surface area contributed by atoms with Crippen LogP contribution in [-0.4, -0.2) is 29.9 Å². The molecule has 1 aromatic heterocycles. The molecule has 0 atom stereocenters. The normalized spacial score (nSPS) is 10.3. The van der Waals surface area contributed by atoms with Gasteiger partial charge in [-0.25, -0.2) is 4.98 Å². The number of hydrogen-bond donors (Lipinski definition) is 2. The van der Waals surface area contributed by atoms with Gasteiger partial charge in [0, 0.05) is 25.0 Å². The van der Waals surface area contributed by atoms with Crippen LogP contribution in [0.4, 0.5) is 11.4 Å². The lowest BCUT2D eigenvalue weighted by atomic mass is 10.1. The molecule has 0 spiro atoms. The quantitative estimate of drug-likeness (QED) is 0.848. The molecule has 20 heavy (non-hydrogen) atoms. The molecular weight excluding hydrogens is 272 g/mol. The largest absolute Gasteiger partial charge is 0.397 e. The third kappa shape index (κ3) is 3.27. The Balaban J connectivity index is 2.14. The number of rotatable bonds is 4. The predicted molar refractivity (Wildman–Crippen MR) is 83.0 cm³/mol. The fraction of sp³-hybridized carbons (Fsp3) is 0.286. The SMILES string of the molecule is Cc1nc(CNc2cc(C(=O)N(C)C)ccc2N)cs1. The van der Waals surface area contributed by atoms with Crippen molar-refractivity contribution in [1.82, 2.24) is 9.88 Å². The van der Waals surface area contributed by atoms with Gasteiger partial charge in [-0.05, 0) is 25.1 Å². The van der Waals surface area contributed by atoms with Crippen LogP contribution in [0.15, 0.2) is 23.6 Å². The van der Waals surface area contributed by atoms with Crippen LogP contribution in [0.2, 0.25) is 0 Å². The van der Waals surface area contributed by atoms with Crippen molar-refractivity contribution in [2.75, 3.05) is 25.1 Å². The highest BCUT2D eigenvalue weighted by Gasteiger charge is 2.10. The second-order valence-corrected chi connectivity index (χ2v) is 5.78. The number of nitrogens with two attached hydrogens (primary N) is 1. The van der Waals surface area contributed by atoms with Crippen LogP contribution >= 0.6 is 11.3 Å². The molecule has 0 unspecified atom stereocenters. The lowest BCUT2D eigenvalue weighted by Gasteiger charge is -2.13. The summed E-state index contributed by atoms with van der Waals surface area (Å²) in [6.07, 6.45) is 0. The third-order valence-electron chi connectivity index (χ3n) is 2.83. The van der Waals surface area contributed by atoms with E-state index in [9.17, 15) is 4.79 Å². The molecule has 5 nitrogen and oxygen atoms in total. The molecule has 1 amide bonds. The van der Waals surface area contributed by atoms with Crippen molar-refractivity contribution in [2.45, 2.75) is 13.5 Å². The van der Waals surface area contributed by atoms with Gasteiger partial charge in [0.25, 0.3) is 5.91 Å². The van der Waals surface area contributed by atoms with Crippen LogP contribution in [0.25, 0.3) is 0 Å². The number of benzene rings is 1. The first-order valence-electron chi connectivity index (χ1n) is 6.23. The summed E-state index contributed by atoms with van der Waals surface area (Å²) >= 11 is 1.61. The number of nitrogens with zero attached hydrogens (tertiary/aromatic N) is 2. The molecule has 1 heterocycles. The number of thiazole rings is 1. The summed E-state index contributed by atoms with van der Waals surface area (Å²) in [5, 5.41) is 6.27. The fourth-order valence-electron chi connectivity index (χ4n) is 1.78. The molecular formula is C14H18N4OS. The van der Waals surface area contributed by atoms with E-state index >= 15 is 0 Å². The predicted octanol–water partition coefficient (Wildman–Crippen LogP) is 2.35. The van der Waals surface area contributed by atoms with E-state index in [1.165, 1.54) is 0 Å². The van der Waals surface area contributed by atoms with Crippen LogP contribution in [0.1, 0.15) is 21.1 Å². The molecule has 3 N–H and O–H groups in total. The highest BCUT2D eigenvalue weighted by molar-refractivity contribution is 7.09. The Morgan fingerprint density at radius 1 is 1.45 bits per heavy atom. The maximum atomic E-state index is 11.9. The Bertz CT molecular complexity index is 621. The number of nitrogens with one attached hydrogen (secondary N) is 1. The zero-order valence-electron chi connectivity index (χ0n) is 11.8. The number of amides is 1. The fourth-order valence-corrected chi connectivity index (χ4v) is 2.39. The monoisotopic (exact) mass is 290 g/mol. The van der Waals surface area contributed by atoms with Gasteiger partial charge in [-0.3, -0.25) is 4.79 Å². The summed E-state index contributed by atoms with van der Waals surface area (Å²) in [6.45, 7) is 2.56. The van der Waals surface area contributed by atoms with E-state index in [1.807, 2.05) is 12.3 Å². The van der Waals surface area contributed by atoms with Gasteiger partial charge >= 0.3 is 0 Å². The molecule has 1 aromatic carbocycles. The van der Waals surface area contributed by atoms with Crippen molar-refractivity contribution in [3.05, 3.63) is 39.8 Å². The highest BCUT2D eigenvalue weighted by atomic mass is 32.1. The maximum Gasteiger partial charge on any atom is 0.253 e. The molecule has 0 aliphatic heterocycles. The van der Waals surface area contributed by atoms with Crippen molar-refractivity contribution < 1.29 is 4.79 Å². The molecule has 0 saturated heterocycles. The zero-order valence-corrected chi connectivity index (χ0v) is 12.6. The molecule has 0 radical (unpaired) electrons. The molecule has 2 rings (SSSR count). The first-order chi connectivity index (χ1) is 9.47. The number of hydrogen-bond acceptors (Lipinski definition) is 5. The summed E-state index contributed by atoms with van der Waals surface area (Å²) in [5.74, 6) is -0.0439. The Labute approximate surface area is 122 Å². The summed E-state index contributed by atoms with van der Waals surface area (Å²) in [5.41, 5.74) is 8.88. The Morgan fingerprint density at radius 2 is 2.20 bits per heavy atom. The minimum Gasteiger partial charge on any atom is -0.397 e. The first-order valence-corrected chi connectivity index (χ1v) is 7.11. The van der Waals surface area contributed by atoms with Gasteiger partial charge in [-0.15, -0.1) is 11.3 Å². The summed E-state index contributed by atoms with van der Waals surface area (Å²) in [7, 11) is 3.45. The molecule has 2 aromatic rings.